The molecule has 1 saturated heterocycles. The normalized spacial score (nSPS) is 17.9. The summed E-state index contributed by atoms with van der Waals surface area (Å²) in [6.45, 7) is 7.86. The number of aromatic nitrogens is 1. The van der Waals surface area contributed by atoms with Crippen molar-refractivity contribution in [2.24, 2.45) is 0 Å². The number of pyridine rings is 1. The number of amides is 1. The van der Waals surface area contributed by atoms with E-state index in [9.17, 15) is 4.79 Å². The van der Waals surface area contributed by atoms with Gasteiger partial charge in [0, 0.05) is 43.2 Å². The van der Waals surface area contributed by atoms with Gasteiger partial charge in [0.05, 0.1) is 31.9 Å². The molecule has 7 heteroatoms. The second kappa shape index (κ2) is 7.47. The average Bonchev–Trinajstić information content (AvgIpc) is 2.66. The predicted molar refractivity (Wildman–Crippen MR) is 96.6 cm³/mol. The fraction of sp³-hybridized carbons (Fsp3) is 0.474. The maximum absolute atomic E-state index is 12.3. The van der Waals surface area contributed by atoms with Crippen LogP contribution in [0.25, 0.3) is 10.9 Å². The van der Waals surface area contributed by atoms with E-state index in [1.165, 1.54) is 0 Å². The van der Waals surface area contributed by atoms with E-state index in [0.29, 0.717) is 25.6 Å². The maximum Gasteiger partial charge on any atom is 0.416 e. The number of benzene rings is 1. The van der Waals surface area contributed by atoms with Crippen molar-refractivity contribution in [2.45, 2.75) is 13.5 Å². The van der Waals surface area contributed by atoms with Crippen LogP contribution in [0.5, 0.6) is 11.6 Å². The molecule has 0 radical (unpaired) electrons. The summed E-state index contributed by atoms with van der Waals surface area (Å²) >= 11 is 0. The Balaban J connectivity index is 1.49. The van der Waals surface area contributed by atoms with Gasteiger partial charge in [-0.2, -0.15) is 0 Å². The van der Waals surface area contributed by atoms with Crippen LogP contribution in [0.15, 0.2) is 24.3 Å². The Morgan fingerprint density at radius 1 is 1.19 bits per heavy atom. The molecule has 0 atom stereocenters. The highest BCUT2D eigenvalue weighted by atomic mass is 16.6. The quantitative estimate of drug-likeness (QED) is 0.818. The van der Waals surface area contributed by atoms with Gasteiger partial charge in [-0.3, -0.25) is 4.90 Å². The topological polar surface area (TPSA) is 64.1 Å². The smallest absolute Gasteiger partial charge is 0.416 e. The van der Waals surface area contributed by atoms with E-state index in [0.717, 1.165) is 55.1 Å². The van der Waals surface area contributed by atoms with E-state index < -0.39 is 0 Å². The summed E-state index contributed by atoms with van der Waals surface area (Å²) in [5, 5.41) is 1.01. The Bertz CT molecular complexity index is 805. The summed E-state index contributed by atoms with van der Waals surface area (Å²) in [4.78, 5) is 20.9. The highest BCUT2D eigenvalue weighted by Gasteiger charge is 2.27. The van der Waals surface area contributed by atoms with E-state index in [-0.39, 0.29) is 6.09 Å². The first-order chi connectivity index (χ1) is 12.7. The number of hydrogen-bond donors (Lipinski definition) is 0. The van der Waals surface area contributed by atoms with Crippen LogP contribution in [0.1, 0.15) is 12.5 Å². The van der Waals surface area contributed by atoms with Crippen molar-refractivity contribution in [1.82, 2.24) is 14.8 Å². The van der Waals surface area contributed by atoms with E-state index in [4.69, 9.17) is 14.2 Å². The number of fused-ring (bicyclic) bond motifs is 2. The molecule has 0 N–H and O–H groups in total. The number of rotatable bonds is 5. The second-order valence-corrected chi connectivity index (χ2v) is 6.48. The monoisotopic (exact) mass is 357 g/mol. The van der Waals surface area contributed by atoms with Crippen molar-refractivity contribution in [3.8, 4) is 11.6 Å². The van der Waals surface area contributed by atoms with Crippen LogP contribution in [-0.2, 0) is 11.3 Å². The SMILES string of the molecule is CCOc1ccc2cc3c(nc2c1)OC(=O)N(CCN1CCOCC1)C3. The first-order valence-corrected chi connectivity index (χ1v) is 9.06. The zero-order valence-electron chi connectivity index (χ0n) is 14.9. The van der Waals surface area contributed by atoms with Crippen molar-refractivity contribution in [2.75, 3.05) is 46.0 Å². The molecule has 1 amide bonds. The lowest BCUT2D eigenvalue weighted by Crippen LogP contribution is -2.45. The van der Waals surface area contributed by atoms with Gasteiger partial charge < -0.3 is 19.1 Å². The molecule has 0 unspecified atom stereocenters. The van der Waals surface area contributed by atoms with Gasteiger partial charge in [-0.05, 0) is 25.1 Å². The van der Waals surface area contributed by atoms with Gasteiger partial charge >= 0.3 is 6.09 Å². The number of ether oxygens (including phenoxy) is 3. The third kappa shape index (κ3) is 3.59. The highest BCUT2D eigenvalue weighted by molar-refractivity contribution is 5.83. The molecule has 2 aliphatic heterocycles. The number of nitrogens with zero attached hydrogens (tertiary/aromatic N) is 3. The third-order valence-electron chi connectivity index (χ3n) is 4.73. The minimum Gasteiger partial charge on any atom is -0.494 e. The van der Waals surface area contributed by atoms with Crippen LogP contribution in [0, 0.1) is 0 Å². The van der Waals surface area contributed by atoms with Crippen molar-refractivity contribution >= 4 is 17.0 Å². The lowest BCUT2D eigenvalue weighted by atomic mass is 10.1. The van der Waals surface area contributed by atoms with E-state index >= 15 is 0 Å². The van der Waals surface area contributed by atoms with Crippen LogP contribution in [0.4, 0.5) is 4.79 Å². The summed E-state index contributed by atoms with van der Waals surface area (Å²) in [5.74, 6) is 1.17. The Morgan fingerprint density at radius 2 is 2.04 bits per heavy atom. The molecule has 0 aliphatic carbocycles. The molecule has 1 aromatic heterocycles. The van der Waals surface area contributed by atoms with Gasteiger partial charge in [-0.15, -0.1) is 0 Å². The molecule has 1 aromatic carbocycles. The van der Waals surface area contributed by atoms with Crippen molar-refractivity contribution in [3.05, 3.63) is 29.8 Å². The lowest BCUT2D eigenvalue weighted by Gasteiger charge is -2.31. The van der Waals surface area contributed by atoms with Crippen molar-refractivity contribution in [3.63, 3.8) is 0 Å². The van der Waals surface area contributed by atoms with Gasteiger partial charge in [0.25, 0.3) is 0 Å². The third-order valence-corrected chi connectivity index (χ3v) is 4.73. The first kappa shape index (κ1) is 17.1. The summed E-state index contributed by atoms with van der Waals surface area (Å²) in [6.07, 6.45) is -0.335. The molecule has 0 bridgehead atoms. The van der Waals surface area contributed by atoms with Gasteiger partial charge in [0.15, 0.2) is 0 Å². The minimum absolute atomic E-state index is 0.335. The van der Waals surface area contributed by atoms with E-state index in [1.807, 2.05) is 31.2 Å². The van der Waals surface area contributed by atoms with Crippen LogP contribution in [-0.4, -0.2) is 66.9 Å². The van der Waals surface area contributed by atoms with Crippen LogP contribution >= 0.6 is 0 Å². The number of morpholine rings is 1. The maximum atomic E-state index is 12.3. The molecule has 0 saturated carbocycles. The summed E-state index contributed by atoms with van der Waals surface area (Å²) in [6, 6.07) is 7.84. The van der Waals surface area contributed by atoms with Crippen LogP contribution in [0.3, 0.4) is 0 Å². The Labute approximate surface area is 152 Å². The van der Waals surface area contributed by atoms with E-state index in [2.05, 4.69) is 9.88 Å². The Morgan fingerprint density at radius 3 is 2.85 bits per heavy atom. The van der Waals surface area contributed by atoms with Gasteiger partial charge in [0.2, 0.25) is 5.88 Å². The first-order valence-electron chi connectivity index (χ1n) is 9.06. The summed E-state index contributed by atoms with van der Waals surface area (Å²) in [7, 11) is 0. The average molecular weight is 357 g/mol. The van der Waals surface area contributed by atoms with Gasteiger partial charge in [0.1, 0.15) is 5.75 Å². The highest BCUT2D eigenvalue weighted by Crippen LogP contribution is 2.29. The number of carbonyl (C=O) groups is 1. The van der Waals surface area contributed by atoms with E-state index in [1.54, 1.807) is 4.90 Å². The van der Waals surface area contributed by atoms with Crippen LogP contribution < -0.4 is 9.47 Å². The van der Waals surface area contributed by atoms with Crippen molar-refractivity contribution < 1.29 is 19.0 Å². The Kier molecular flexibility index (Phi) is 4.90. The number of carbonyl (C=O) groups excluding carboxylic acids is 1. The van der Waals surface area contributed by atoms with Crippen LogP contribution in [0.2, 0.25) is 0 Å². The van der Waals surface area contributed by atoms with Gasteiger partial charge in [-0.1, -0.05) is 0 Å². The molecule has 7 nitrogen and oxygen atoms in total. The summed E-state index contributed by atoms with van der Waals surface area (Å²) < 4.78 is 16.4. The fourth-order valence-corrected chi connectivity index (χ4v) is 3.31. The molecule has 4 rings (SSSR count). The molecule has 2 aliphatic rings. The molecule has 3 heterocycles. The van der Waals surface area contributed by atoms with Crippen molar-refractivity contribution in [1.29, 1.82) is 0 Å². The Hall–Kier alpha value is -2.38. The minimum atomic E-state index is -0.335. The second-order valence-electron chi connectivity index (χ2n) is 6.48. The molecule has 2 aromatic rings. The fourth-order valence-electron chi connectivity index (χ4n) is 3.31. The molecule has 138 valence electrons. The zero-order chi connectivity index (χ0) is 17.9. The molecule has 1 fully saturated rings. The standard InChI is InChI=1S/C19H23N3O4/c1-2-25-16-4-3-14-11-15-13-22(6-5-21-7-9-24-10-8-21)19(23)26-18(15)20-17(14)12-16/h3-4,11-12H,2,5-10,13H2,1H3. The molecule has 0 spiro atoms. The molecule has 26 heavy (non-hydrogen) atoms. The number of hydrogen-bond acceptors (Lipinski definition) is 6. The zero-order valence-corrected chi connectivity index (χ0v) is 14.9. The van der Waals surface area contributed by atoms with Gasteiger partial charge in [-0.25, -0.2) is 9.78 Å². The molecular weight excluding hydrogens is 334 g/mol. The largest absolute Gasteiger partial charge is 0.494 e. The molecular formula is C19H23N3O4. The predicted octanol–water partition coefficient (Wildman–Crippen LogP) is 2.28. The summed E-state index contributed by atoms with van der Waals surface area (Å²) in [5.41, 5.74) is 1.70. The lowest BCUT2D eigenvalue weighted by molar-refractivity contribution is 0.0328.